The molecule has 2 N–H and O–H groups in total. The Kier molecular flexibility index (Phi) is 7.44. The van der Waals surface area contributed by atoms with Gasteiger partial charge >= 0.3 is 5.97 Å². The molecule has 5 nitrogen and oxygen atoms in total. The van der Waals surface area contributed by atoms with Gasteiger partial charge in [0.25, 0.3) is 0 Å². The zero-order chi connectivity index (χ0) is 20.5. The molecule has 146 valence electrons. The van der Waals surface area contributed by atoms with Gasteiger partial charge in [-0.25, -0.2) is 4.79 Å². The molecule has 0 spiro atoms. The van der Waals surface area contributed by atoms with E-state index in [-0.39, 0.29) is 0 Å². The Morgan fingerprint density at radius 2 is 1.69 bits per heavy atom. The van der Waals surface area contributed by atoms with Crippen LogP contribution in [-0.2, 0) is 5.75 Å². The van der Waals surface area contributed by atoms with E-state index in [4.69, 9.17) is 22.1 Å². The number of thioether (sulfide) groups is 1. The second-order valence-corrected chi connectivity index (χ2v) is 7.30. The van der Waals surface area contributed by atoms with Crippen molar-refractivity contribution in [1.82, 2.24) is 0 Å². The molecular weight excluding hydrogens is 406 g/mol. The highest BCUT2D eigenvalue weighted by Crippen LogP contribution is 2.19. The van der Waals surface area contributed by atoms with Crippen LogP contribution in [0.4, 0.5) is 0 Å². The lowest BCUT2D eigenvalue weighted by molar-refractivity contribution is 0.0735. The van der Waals surface area contributed by atoms with Crippen molar-refractivity contribution in [3.05, 3.63) is 101 Å². The number of nitrogens with zero attached hydrogens (tertiary/aromatic N) is 2. The number of rotatable bonds is 6. The van der Waals surface area contributed by atoms with Crippen molar-refractivity contribution in [3.63, 3.8) is 0 Å². The summed E-state index contributed by atoms with van der Waals surface area (Å²) < 4.78 is 5.33. The van der Waals surface area contributed by atoms with Gasteiger partial charge in [-0.15, -0.1) is 5.10 Å². The molecule has 0 amide bonds. The predicted octanol–water partition coefficient (Wildman–Crippen LogP) is 5.14. The van der Waals surface area contributed by atoms with E-state index in [1.165, 1.54) is 17.3 Å². The molecule has 0 fully saturated rings. The lowest BCUT2D eigenvalue weighted by Crippen LogP contribution is -2.09. The van der Waals surface area contributed by atoms with Crippen LogP contribution in [0.15, 0.2) is 89.1 Å². The Labute approximate surface area is 178 Å². The fourth-order valence-corrected chi connectivity index (χ4v) is 3.15. The quantitative estimate of drug-likeness (QED) is 0.196. The zero-order valence-corrected chi connectivity index (χ0v) is 16.9. The van der Waals surface area contributed by atoms with Crippen LogP contribution < -0.4 is 10.5 Å². The molecule has 0 saturated carbocycles. The van der Waals surface area contributed by atoms with Gasteiger partial charge in [0.1, 0.15) is 5.75 Å². The molecule has 0 bridgehead atoms. The van der Waals surface area contributed by atoms with Gasteiger partial charge in [-0.05, 0) is 47.5 Å². The summed E-state index contributed by atoms with van der Waals surface area (Å²) >= 11 is 7.43. The monoisotopic (exact) mass is 423 g/mol. The smallest absolute Gasteiger partial charge is 0.345 e. The maximum atomic E-state index is 12.2. The summed E-state index contributed by atoms with van der Waals surface area (Å²) in [5.41, 5.74) is 8.15. The molecule has 0 aliphatic rings. The first-order valence-electron chi connectivity index (χ1n) is 8.72. The second kappa shape index (κ2) is 10.5. The van der Waals surface area contributed by atoms with Crippen molar-refractivity contribution in [2.75, 3.05) is 0 Å². The molecule has 3 rings (SSSR count). The van der Waals surface area contributed by atoms with E-state index in [2.05, 4.69) is 10.2 Å². The standard InChI is InChI=1S/C22H18ClN3O2S/c23-20-9-5-4-8-19(20)21(27)28-18-12-10-16(11-13-18)14-25-26-22(24)29-15-17-6-2-1-3-7-17/h1-14H,15H2,(H2,24,26). The van der Waals surface area contributed by atoms with Gasteiger partial charge in [0.05, 0.1) is 16.8 Å². The Morgan fingerprint density at radius 1 is 1.00 bits per heavy atom. The molecule has 3 aromatic rings. The predicted molar refractivity (Wildman–Crippen MR) is 120 cm³/mol. The molecule has 7 heteroatoms. The van der Waals surface area contributed by atoms with Crippen LogP contribution in [0.2, 0.25) is 5.02 Å². The lowest BCUT2D eigenvalue weighted by Gasteiger charge is -2.05. The fourth-order valence-electron chi connectivity index (χ4n) is 2.32. The third-order valence-corrected chi connectivity index (χ3v) is 4.96. The largest absolute Gasteiger partial charge is 0.423 e. The number of hydrogen-bond acceptors (Lipinski definition) is 5. The summed E-state index contributed by atoms with van der Waals surface area (Å²) in [5, 5.41) is 8.71. The molecule has 0 atom stereocenters. The van der Waals surface area contributed by atoms with Crippen LogP contribution in [0.5, 0.6) is 5.75 Å². The zero-order valence-electron chi connectivity index (χ0n) is 15.4. The number of esters is 1. The summed E-state index contributed by atoms with van der Waals surface area (Å²) in [7, 11) is 0. The summed E-state index contributed by atoms with van der Waals surface area (Å²) in [6.45, 7) is 0. The minimum absolute atomic E-state index is 0.317. The normalized spacial score (nSPS) is 11.6. The highest BCUT2D eigenvalue weighted by Gasteiger charge is 2.11. The first-order chi connectivity index (χ1) is 14.1. The molecule has 0 saturated heterocycles. The van der Waals surface area contributed by atoms with Gasteiger partial charge in [-0.3, -0.25) is 0 Å². The average Bonchev–Trinajstić information content (AvgIpc) is 2.74. The molecule has 0 radical (unpaired) electrons. The second-order valence-electron chi connectivity index (χ2n) is 5.90. The molecule has 3 aromatic carbocycles. The number of carbonyl (C=O) groups is 1. The Morgan fingerprint density at radius 3 is 2.41 bits per heavy atom. The van der Waals surface area contributed by atoms with Crippen LogP contribution in [0.1, 0.15) is 21.5 Å². The van der Waals surface area contributed by atoms with E-state index >= 15 is 0 Å². The minimum Gasteiger partial charge on any atom is -0.423 e. The van der Waals surface area contributed by atoms with Gasteiger partial charge < -0.3 is 10.5 Å². The summed E-state index contributed by atoms with van der Waals surface area (Å²) in [6.07, 6.45) is 1.58. The van der Waals surface area contributed by atoms with E-state index in [1.807, 2.05) is 30.3 Å². The van der Waals surface area contributed by atoms with Crippen LogP contribution in [0.25, 0.3) is 0 Å². The topological polar surface area (TPSA) is 77.0 Å². The molecular formula is C22H18ClN3O2S. The van der Waals surface area contributed by atoms with Crippen LogP contribution in [0, 0.1) is 0 Å². The molecule has 0 heterocycles. The lowest BCUT2D eigenvalue weighted by atomic mass is 10.2. The summed E-state index contributed by atoms with van der Waals surface area (Å²) in [4.78, 5) is 12.2. The first-order valence-corrected chi connectivity index (χ1v) is 10.1. The minimum atomic E-state index is -0.509. The highest BCUT2D eigenvalue weighted by molar-refractivity contribution is 8.13. The number of carbonyl (C=O) groups excluding carboxylic acids is 1. The van der Waals surface area contributed by atoms with Crippen LogP contribution in [0.3, 0.4) is 0 Å². The van der Waals surface area contributed by atoms with E-state index in [9.17, 15) is 4.79 Å². The molecule has 0 unspecified atom stereocenters. The van der Waals surface area contributed by atoms with E-state index < -0.39 is 5.97 Å². The van der Waals surface area contributed by atoms with Crippen LogP contribution in [-0.4, -0.2) is 17.4 Å². The number of halogens is 1. The number of benzene rings is 3. The number of nitrogens with two attached hydrogens (primary N) is 1. The summed E-state index contributed by atoms with van der Waals surface area (Å²) in [6, 6.07) is 23.6. The van der Waals surface area contributed by atoms with Crippen molar-refractivity contribution >= 4 is 40.7 Å². The van der Waals surface area contributed by atoms with Gasteiger partial charge in [-0.1, -0.05) is 65.8 Å². The molecule has 0 aromatic heterocycles. The Balaban J connectivity index is 1.53. The maximum Gasteiger partial charge on any atom is 0.345 e. The SMILES string of the molecule is NC(=NN=Cc1ccc(OC(=O)c2ccccc2Cl)cc1)SCc1ccccc1. The van der Waals surface area contributed by atoms with Gasteiger partial charge in [-0.2, -0.15) is 5.10 Å². The van der Waals surface area contributed by atoms with Crippen molar-refractivity contribution in [2.45, 2.75) is 5.75 Å². The Hall–Kier alpha value is -3.09. The van der Waals surface area contributed by atoms with E-state index in [1.54, 1.807) is 54.7 Å². The van der Waals surface area contributed by atoms with Gasteiger partial charge in [0.15, 0.2) is 5.17 Å². The number of hydrogen-bond donors (Lipinski definition) is 1. The Bertz CT molecular complexity index is 1020. The van der Waals surface area contributed by atoms with Crippen molar-refractivity contribution < 1.29 is 9.53 Å². The molecule has 0 aliphatic carbocycles. The maximum absolute atomic E-state index is 12.2. The third kappa shape index (κ3) is 6.48. The van der Waals surface area contributed by atoms with Crippen molar-refractivity contribution in [3.8, 4) is 5.75 Å². The average molecular weight is 424 g/mol. The van der Waals surface area contributed by atoms with Gasteiger partial charge in [0.2, 0.25) is 0 Å². The summed E-state index contributed by atoms with van der Waals surface area (Å²) in [5.74, 6) is 0.635. The molecule has 0 aliphatic heterocycles. The van der Waals surface area contributed by atoms with Gasteiger partial charge in [0, 0.05) is 5.75 Å². The molecule has 29 heavy (non-hydrogen) atoms. The number of ether oxygens (including phenoxy) is 1. The van der Waals surface area contributed by atoms with Crippen LogP contribution >= 0.6 is 23.4 Å². The highest BCUT2D eigenvalue weighted by atomic mass is 35.5. The fraction of sp³-hybridized carbons (Fsp3) is 0.0455. The van der Waals surface area contributed by atoms with Crippen molar-refractivity contribution in [2.24, 2.45) is 15.9 Å². The van der Waals surface area contributed by atoms with E-state index in [0.717, 1.165) is 11.3 Å². The van der Waals surface area contributed by atoms with E-state index in [0.29, 0.717) is 21.5 Å². The third-order valence-electron chi connectivity index (χ3n) is 3.78. The number of amidine groups is 1. The first kappa shape index (κ1) is 20.6. The van der Waals surface area contributed by atoms with Crippen molar-refractivity contribution in [1.29, 1.82) is 0 Å².